The highest BCUT2D eigenvalue weighted by atomic mass is 32.2. The van der Waals surface area contributed by atoms with Crippen molar-refractivity contribution >= 4 is 15.9 Å². The first kappa shape index (κ1) is 17.9. The molecule has 2 rings (SSSR count). The average molecular weight is 339 g/mol. The molecule has 1 heterocycles. The van der Waals surface area contributed by atoms with E-state index < -0.39 is 10.0 Å². The number of sulfonamides is 1. The van der Waals surface area contributed by atoms with Gasteiger partial charge in [-0.25, -0.2) is 8.42 Å². The van der Waals surface area contributed by atoms with Crippen LogP contribution in [0.3, 0.4) is 0 Å². The van der Waals surface area contributed by atoms with E-state index in [1.807, 2.05) is 6.92 Å². The molecule has 0 aromatic heterocycles. The first-order chi connectivity index (χ1) is 11.1. The maximum Gasteiger partial charge on any atom is 0.243 e. The summed E-state index contributed by atoms with van der Waals surface area (Å²) in [6.45, 7) is 5.57. The Morgan fingerprint density at radius 1 is 1.17 bits per heavy atom. The van der Waals surface area contributed by atoms with Crippen molar-refractivity contribution in [2.75, 3.05) is 39.3 Å². The normalized spacial score (nSPS) is 15.8. The third-order valence-electron chi connectivity index (χ3n) is 3.90. The van der Waals surface area contributed by atoms with Gasteiger partial charge in [-0.1, -0.05) is 25.1 Å². The fourth-order valence-corrected chi connectivity index (χ4v) is 4.19. The van der Waals surface area contributed by atoms with E-state index in [1.54, 1.807) is 35.2 Å². The molecule has 0 bridgehead atoms. The molecule has 0 radical (unpaired) electrons. The number of nitrogens with one attached hydrogen (secondary N) is 1. The highest BCUT2D eigenvalue weighted by molar-refractivity contribution is 7.89. The minimum Gasteiger partial charge on any atom is -0.340 e. The van der Waals surface area contributed by atoms with Crippen LogP contribution in [-0.2, 0) is 14.8 Å². The highest BCUT2D eigenvalue weighted by Crippen LogP contribution is 2.16. The van der Waals surface area contributed by atoms with Crippen molar-refractivity contribution in [2.45, 2.75) is 24.7 Å². The molecule has 1 N–H and O–H groups in total. The fourth-order valence-electron chi connectivity index (χ4n) is 2.64. The summed E-state index contributed by atoms with van der Waals surface area (Å²) < 4.78 is 26.8. The van der Waals surface area contributed by atoms with E-state index in [0.29, 0.717) is 26.1 Å². The molecule has 0 unspecified atom stereocenters. The second-order valence-corrected chi connectivity index (χ2v) is 7.54. The second kappa shape index (κ2) is 8.42. The van der Waals surface area contributed by atoms with Gasteiger partial charge in [-0.3, -0.25) is 4.79 Å². The molecule has 23 heavy (non-hydrogen) atoms. The molecule has 128 valence electrons. The number of piperazine rings is 1. The highest BCUT2D eigenvalue weighted by Gasteiger charge is 2.25. The lowest BCUT2D eigenvalue weighted by atomic mass is 10.3. The van der Waals surface area contributed by atoms with Crippen molar-refractivity contribution in [3.05, 3.63) is 30.3 Å². The number of nitrogens with zero attached hydrogens (tertiary/aromatic N) is 2. The Labute approximate surface area is 138 Å². The Hall–Kier alpha value is -1.44. The van der Waals surface area contributed by atoms with Gasteiger partial charge in [0.2, 0.25) is 15.9 Å². The summed E-state index contributed by atoms with van der Waals surface area (Å²) in [5.74, 6) is 0.0239. The quantitative estimate of drug-likeness (QED) is 0.802. The van der Waals surface area contributed by atoms with Crippen LogP contribution in [0, 0.1) is 0 Å². The molecule has 1 aliphatic heterocycles. The summed E-state index contributed by atoms with van der Waals surface area (Å²) in [7, 11) is -3.54. The van der Waals surface area contributed by atoms with Gasteiger partial charge in [0.25, 0.3) is 0 Å². The number of benzene rings is 1. The zero-order valence-electron chi connectivity index (χ0n) is 13.6. The molecule has 1 aromatic carbocycles. The van der Waals surface area contributed by atoms with Gasteiger partial charge in [0, 0.05) is 45.7 Å². The molecule has 0 aliphatic carbocycles. The topological polar surface area (TPSA) is 69.7 Å². The van der Waals surface area contributed by atoms with Crippen molar-refractivity contribution in [2.24, 2.45) is 0 Å². The van der Waals surface area contributed by atoms with Crippen LogP contribution in [0.2, 0.25) is 0 Å². The molecule has 1 fully saturated rings. The van der Waals surface area contributed by atoms with Gasteiger partial charge in [0.05, 0.1) is 4.90 Å². The number of hydrogen-bond donors (Lipinski definition) is 1. The lowest BCUT2D eigenvalue weighted by Crippen LogP contribution is -2.47. The minimum absolute atomic E-state index is 0.0239. The molecule has 1 saturated heterocycles. The lowest BCUT2D eigenvalue weighted by Gasteiger charge is -2.28. The predicted molar refractivity (Wildman–Crippen MR) is 89.6 cm³/mol. The summed E-state index contributed by atoms with van der Waals surface area (Å²) in [4.78, 5) is 14.3. The van der Waals surface area contributed by atoms with E-state index in [0.717, 1.165) is 13.1 Å². The van der Waals surface area contributed by atoms with Crippen LogP contribution >= 0.6 is 0 Å². The van der Waals surface area contributed by atoms with Crippen molar-refractivity contribution < 1.29 is 13.2 Å². The largest absolute Gasteiger partial charge is 0.340 e. The van der Waals surface area contributed by atoms with Crippen LogP contribution in [0.25, 0.3) is 0 Å². The average Bonchev–Trinajstić information content (AvgIpc) is 2.59. The number of carbonyl (C=O) groups excluding carboxylic acids is 1. The van der Waals surface area contributed by atoms with E-state index in [4.69, 9.17) is 0 Å². The van der Waals surface area contributed by atoms with Crippen LogP contribution in [0.15, 0.2) is 35.2 Å². The molecule has 0 spiro atoms. The minimum atomic E-state index is -3.54. The van der Waals surface area contributed by atoms with Crippen molar-refractivity contribution in [1.82, 2.24) is 14.5 Å². The second-order valence-electron chi connectivity index (χ2n) is 5.60. The zero-order valence-corrected chi connectivity index (χ0v) is 14.4. The molecule has 1 aliphatic rings. The van der Waals surface area contributed by atoms with E-state index in [9.17, 15) is 13.2 Å². The Morgan fingerprint density at radius 3 is 2.43 bits per heavy atom. The van der Waals surface area contributed by atoms with Crippen molar-refractivity contribution in [1.29, 1.82) is 0 Å². The maximum absolute atomic E-state index is 12.7. The first-order valence-electron chi connectivity index (χ1n) is 8.09. The molecule has 0 saturated carbocycles. The number of carbonyl (C=O) groups is 1. The zero-order chi connectivity index (χ0) is 16.7. The fraction of sp³-hybridized carbons (Fsp3) is 0.562. The molecule has 1 amide bonds. The molecule has 1 aromatic rings. The van der Waals surface area contributed by atoms with Gasteiger partial charge in [0.1, 0.15) is 0 Å². The number of amides is 1. The number of hydrogen-bond acceptors (Lipinski definition) is 4. The molecular formula is C16H25N3O3S. The van der Waals surface area contributed by atoms with Gasteiger partial charge in [-0.05, 0) is 18.6 Å². The molecular weight excluding hydrogens is 314 g/mol. The van der Waals surface area contributed by atoms with E-state index in [2.05, 4.69) is 5.32 Å². The third kappa shape index (κ3) is 4.76. The van der Waals surface area contributed by atoms with Crippen LogP contribution < -0.4 is 5.32 Å². The van der Waals surface area contributed by atoms with E-state index in [1.165, 1.54) is 4.31 Å². The monoisotopic (exact) mass is 339 g/mol. The van der Waals surface area contributed by atoms with Crippen molar-refractivity contribution in [3.8, 4) is 0 Å². The molecule has 6 nitrogen and oxygen atoms in total. The summed E-state index contributed by atoms with van der Waals surface area (Å²) in [5, 5.41) is 3.20. The van der Waals surface area contributed by atoms with Crippen LogP contribution in [0.4, 0.5) is 0 Å². The van der Waals surface area contributed by atoms with Crippen molar-refractivity contribution in [3.63, 3.8) is 0 Å². The summed E-state index contributed by atoms with van der Waals surface area (Å²) in [6.07, 6.45) is 0.944. The maximum atomic E-state index is 12.7. The predicted octanol–water partition coefficient (Wildman–Crippen LogP) is 0.909. The Kier molecular flexibility index (Phi) is 6.56. The van der Waals surface area contributed by atoms with Crippen LogP contribution in [-0.4, -0.2) is 62.8 Å². The third-order valence-corrected chi connectivity index (χ3v) is 5.81. The standard InChI is InChI=1S/C16H25N3O3S/c1-2-11-19(23(21,22)15-6-4-3-5-7-15)12-8-16(20)18-13-9-17-10-14-18/h3-7,17H,2,8-14H2,1H3. The summed E-state index contributed by atoms with van der Waals surface area (Å²) >= 11 is 0. The lowest BCUT2D eigenvalue weighted by molar-refractivity contribution is -0.131. The SMILES string of the molecule is CCCN(CCC(=O)N1CCNCC1)S(=O)(=O)c1ccccc1. The van der Waals surface area contributed by atoms with E-state index in [-0.39, 0.29) is 23.8 Å². The Bertz CT molecular complexity index is 598. The Morgan fingerprint density at radius 2 is 1.83 bits per heavy atom. The van der Waals surface area contributed by atoms with E-state index >= 15 is 0 Å². The van der Waals surface area contributed by atoms with Gasteiger partial charge in [0.15, 0.2) is 0 Å². The number of rotatable bonds is 7. The Balaban J connectivity index is 2.02. The summed E-state index contributed by atoms with van der Waals surface area (Å²) in [5.41, 5.74) is 0. The summed E-state index contributed by atoms with van der Waals surface area (Å²) in [6, 6.07) is 8.40. The molecule has 7 heteroatoms. The van der Waals surface area contributed by atoms with Gasteiger partial charge >= 0.3 is 0 Å². The molecule has 0 atom stereocenters. The smallest absolute Gasteiger partial charge is 0.243 e. The van der Waals surface area contributed by atoms with Crippen LogP contribution in [0.1, 0.15) is 19.8 Å². The van der Waals surface area contributed by atoms with Gasteiger partial charge < -0.3 is 10.2 Å². The van der Waals surface area contributed by atoms with Gasteiger partial charge in [-0.15, -0.1) is 0 Å². The first-order valence-corrected chi connectivity index (χ1v) is 9.53. The van der Waals surface area contributed by atoms with Crippen LogP contribution in [0.5, 0.6) is 0 Å². The van der Waals surface area contributed by atoms with Gasteiger partial charge in [-0.2, -0.15) is 4.31 Å².